The van der Waals surface area contributed by atoms with Gasteiger partial charge in [-0.2, -0.15) is 0 Å². The van der Waals surface area contributed by atoms with E-state index in [2.05, 4.69) is 16.9 Å². The normalized spacial score (nSPS) is 9.56. The fourth-order valence-corrected chi connectivity index (χ4v) is 1.36. The number of amides is 1. The molecule has 0 saturated carbocycles. The van der Waals surface area contributed by atoms with Gasteiger partial charge in [-0.3, -0.25) is 4.79 Å². The molecule has 1 aromatic heterocycles. The molecule has 1 aromatic rings. The van der Waals surface area contributed by atoms with E-state index in [4.69, 9.17) is 17.0 Å². The van der Waals surface area contributed by atoms with Crippen molar-refractivity contribution < 1.29 is 9.53 Å². The summed E-state index contributed by atoms with van der Waals surface area (Å²) in [5.41, 5.74) is 0.446. The van der Waals surface area contributed by atoms with Crippen molar-refractivity contribution in [2.45, 2.75) is 6.92 Å². The molecule has 86 valence electrons. The van der Waals surface area contributed by atoms with E-state index in [-0.39, 0.29) is 12.5 Å². The number of hydrogen-bond acceptors (Lipinski definition) is 3. The van der Waals surface area contributed by atoms with E-state index in [0.717, 1.165) is 0 Å². The van der Waals surface area contributed by atoms with E-state index in [0.29, 0.717) is 22.6 Å². The third-order valence-corrected chi connectivity index (χ3v) is 2.20. The first-order valence-corrected chi connectivity index (χ1v) is 5.32. The van der Waals surface area contributed by atoms with Gasteiger partial charge in [0.1, 0.15) is 10.4 Å². The topological polar surface area (TPSA) is 54.1 Å². The van der Waals surface area contributed by atoms with E-state index < -0.39 is 0 Å². The second-order valence-corrected chi connectivity index (χ2v) is 3.48. The standard InChI is InChI=1S/C11H14N2O2S/c1-3-15-8(2)7-13-10(14)9-5-4-6-12-11(9)16/h4-6H,2-3,7H2,1H3,(H,12,16)(H,13,14). The first-order chi connectivity index (χ1) is 7.65. The van der Waals surface area contributed by atoms with Gasteiger partial charge in [-0.25, -0.2) is 0 Å². The van der Waals surface area contributed by atoms with Crippen molar-refractivity contribution in [2.75, 3.05) is 13.2 Å². The molecular formula is C11H14N2O2S. The molecule has 0 bridgehead atoms. The smallest absolute Gasteiger partial charge is 0.254 e. The number of pyridine rings is 1. The lowest BCUT2D eigenvalue weighted by molar-refractivity contribution is 0.0946. The highest BCUT2D eigenvalue weighted by molar-refractivity contribution is 7.71. The molecule has 0 atom stereocenters. The van der Waals surface area contributed by atoms with Gasteiger partial charge in [0.25, 0.3) is 5.91 Å². The summed E-state index contributed by atoms with van der Waals surface area (Å²) in [6.07, 6.45) is 1.68. The average Bonchev–Trinajstić information content (AvgIpc) is 2.27. The lowest BCUT2D eigenvalue weighted by Gasteiger charge is -2.08. The maximum Gasteiger partial charge on any atom is 0.254 e. The van der Waals surface area contributed by atoms with Gasteiger partial charge in [0.2, 0.25) is 0 Å². The Balaban J connectivity index is 2.57. The van der Waals surface area contributed by atoms with Crippen LogP contribution in [0.3, 0.4) is 0 Å². The Kier molecular flexibility index (Phi) is 4.72. The molecule has 16 heavy (non-hydrogen) atoms. The fourth-order valence-electron chi connectivity index (χ4n) is 1.13. The average molecular weight is 238 g/mol. The number of aromatic amines is 1. The van der Waals surface area contributed by atoms with E-state index in [1.165, 1.54) is 0 Å². The second-order valence-electron chi connectivity index (χ2n) is 3.07. The SMILES string of the molecule is C=C(CNC(=O)c1ccc[nH]c1=S)OCC. The molecule has 2 N–H and O–H groups in total. The van der Waals surface area contributed by atoms with E-state index >= 15 is 0 Å². The minimum Gasteiger partial charge on any atom is -0.497 e. The number of ether oxygens (including phenoxy) is 1. The quantitative estimate of drug-likeness (QED) is 0.609. The zero-order valence-electron chi connectivity index (χ0n) is 9.08. The Morgan fingerprint density at radius 1 is 1.69 bits per heavy atom. The van der Waals surface area contributed by atoms with Gasteiger partial charge in [0.05, 0.1) is 18.7 Å². The van der Waals surface area contributed by atoms with E-state index in [1.807, 2.05) is 6.92 Å². The summed E-state index contributed by atoms with van der Waals surface area (Å²) in [7, 11) is 0. The molecule has 0 aliphatic heterocycles. The summed E-state index contributed by atoms with van der Waals surface area (Å²) in [5, 5.41) is 2.67. The van der Waals surface area contributed by atoms with Crippen LogP contribution < -0.4 is 5.32 Å². The maximum atomic E-state index is 11.7. The van der Waals surface area contributed by atoms with Crippen LogP contribution in [0.1, 0.15) is 17.3 Å². The van der Waals surface area contributed by atoms with Crippen LogP contribution in [0.2, 0.25) is 0 Å². The Hall–Kier alpha value is -1.62. The molecule has 0 aromatic carbocycles. The van der Waals surface area contributed by atoms with Crippen molar-refractivity contribution in [1.82, 2.24) is 10.3 Å². The molecule has 4 nitrogen and oxygen atoms in total. The Morgan fingerprint density at radius 2 is 2.44 bits per heavy atom. The molecule has 1 heterocycles. The number of carbonyl (C=O) groups excluding carboxylic acids is 1. The van der Waals surface area contributed by atoms with Crippen LogP contribution in [0.25, 0.3) is 0 Å². The molecular weight excluding hydrogens is 224 g/mol. The molecule has 1 amide bonds. The predicted octanol–water partition coefficient (Wildman–Crippen LogP) is 2.02. The summed E-state index contributed by atoms with van der Waals surface area (Å²) in [6.45, 7) is 6.35. The van der Waals surface area contributed by atoms with Crippen LogP contribution in [0.15, 0.2) is 30.7 Å². The van der Waals surface area contributed by atoms with Crippen molar-refractivity contribution in [3.63, 3.8) is 0 Å². The largest absolute Gasteiger partial charge is 0.497 e. The molecule has 0 fully saturated rings. The summed E-state index contributed by atoms with van der Waals surface area (Å²) in [6, 6.07) is 3.39. The molecule has 0 saturated heterocycles. The Bertz CT molecular complexity index is 440. The number of rotatable bonds is 5. The molecule has 0 radical (unpaired) electrons. The highest BCUT2D eigenvalue weighted by Crippen LogP contribution is 2.00. The van der Waals surface area contributed by atoms with Crippen molar-refractivity contribution in [3.8, 4) is 0 Å². The number of H-pyrrole nitrogens is 1. The summed E-state index contributed by atoms with van der Waals surface area (Å²) in [5.74, 6) is 0.296. The molecule has 0 unspecified atom stereocenters. The maximum absolute atomic E-state index is 11.7. The third-order valence-electron chi connectivity index (χ3n) is 1.86. The molecule has 0 aliphatic rings. The molecule has 0 aliphatic carbocycles. The highest BCUT2D eigenvalue weighted by Gasteiger charge is 2.07. The number of carbonyl (C=O) groups is 1. The number of nitrogens with one attached hydrogen (secondary N) is 2. The van der Waals surface area contributed by atoms with Gasteiger partial charge in [-0.15, -0.1) is 0 Å². The van der Waals surface area contributed by atoms with Gasteiger partial charge >= 0.3 is 0 Å². The van der Waals surface area contributed by atoms with Crippen LogP contribution in [0, 0.1) is 4.64 Å². The first-order valence-electron chi connectivity index (χ1n) is 4.91. The van der Waals surface area contributed by atoms with Gasteiger partial charge in [0.15, 0.2) is 0 Å². The lowest BCUT2D eigenvalue weighted by Crippen LogP contribution is -2.26. The van der Waals surface area contributed by atoms with Gasteiger partial charge in [0, 0.05) is 6.20 Å². The number of aromatic nitrogens is 1. The molecule has 1 rings (SSSR count). The van der Waals surface area contributed by atoms with Gasteiger partial charge < -0.3 is 15.0 Å². The summed E-state index contributed by atoms with van der Waals surface area (Å²) in [4.78, 5) is 14.5. The minimum absolute atomic E-state index is 0.234. The van der Waals surface area contributed by atoms with Crippen LogP contribution in [-0.2, 0) is 4.74 Å². The third kappa shape index (κ3) is 3.51. The van der Waals surface area contributed by atoms with Crippen LogP contribution in [0.5, 0.6) is 0 Å². The zero-order chi connectivity index (χ0) is 12.0. The minimum atomic E-state index is -0.234. The van der Waals surface area contributed by atoms with Crippen molar-refractivity contribution >= 4 is 18.1 Å². The van der Waals surface area contributed by atoms with Gasteiger partial charge in [-0.05, 0) is 19.1 Å². The van der Waals surface area contributed by atoms with Crippen molar-refractivity contribution in [3.05, 3.63) is 40.9 Å². The summed E-state index contributed by atoms with van der Waals surface area (Å²) >= 11 is 4.99. The van der Waals surface area contributed by atoms with Crippen LogP contribution in [0.4, 0.5) is 0 Å². The number of hydrogen-bond donors (Lipinski definition) is 2. The highest BCUT2D eigenvalue weighted by atomic mass is 32.1. The molecule has 5 heteroatoms. The summed E-state index contributed by atoms with van der Waals surface area (Å²) < 4.78 is 5.53. The van der Waals surface area contributed by atoms with Crippen molar-refractivity contribution in [2.24, 2.45) is 0 Å². The second kappa shape index (κ2) is 6.07. The van der Waals surface area contributed by atoms with E-state index in [9.17, 15) is 4.79 Å². The Morgan fingerprint density at radius 3 is 3.06 bits per heavy atom. The van der Waals surface area contributed by atoms with Crippen molar-refractivity contribution in [1.29, 1.82) is 0 Å². The van der Waals surface area contributed by atoms with Gasteiger partial charge in [-0.1, -0.05) is 18.8 Å². The monoisotopic (exact) mass is 238 g/mol. The zero-order valence-corrected chi connectivity index (χ0v) is 9.89. The molecule has 0 spiro atoms. The van der Waals surface area contributed by atoms with Crippen LogP contribution in [-0.4, -0.2) is 24.0 Å². The fraction of sp³-hybridized carbons (Fsp3) is 0.273. The Labute approximate surface area is 99.3 Å². The van der Waals surface area contributed by atoms with Crippen LogP contribution >= 0.6 is 12.2 Å². The lowest BCUT2D eigenvalue weighted by atomic mass is 10.2. The first kappa shape index (κ1) is 12.4. The van der Waals surface area contributed by atoms with E-state index in [1.54, 1.807) is 18.3 Å². The predicted molar refractivity (Wildman–Crippen MR) is 64.7 cm³/mol.